The summed E-state index contributed by atoms with van der Waals surface area (Å²) in [5.41, 5.74) is 2.72. The molecule has 11 heteroatoms. The molecule has 1 aliphatic carbocycles. The van der Waals surface area contributed by atoms with Crippen molar-refractivity contribution in [2.75, 3.05) is 7.11 Å². The first-order valence-electron chi connectivity index (χ1n) is 12.0. The average Bonchev–Trinajstić information content (AvgIpc) is 3.51. The molecule has 196 valence electrons. The number of hydrogen-bond donors (Lipinski definition) is 1. The first-order chi connectivity index (χ1) is 18.9. The molecule has 2 atom stereocenters. The SMILES string of the molecule is COc1ccccc1/C=N/n1cnnc1SC1c2cccc3cccc(c23)C1NS(=O)(=O)c1ccc(Cl)cc1. The topological polar surface area (TPSA) is 98.5 Å². The van der Waals surface area contributed by atoms with Crippen LogP contribution in [-0.4, -0.2) is 36.6 Å². The molecule has 1 aliphatic rings. The van der Waals surface area contributed by atoms with Crippen molar-refractivity contribution in [1.82, 2.24) is 19.6 Å². The van der Waals surface area contributed by atoms with Crippen LogP contribution in [0.3, 0.4) is 0 Å². The maximum absolute atomic E-state index is 13.5. The molecule has 2 unspecified atom stereocenters. The van der Waals surface area contributed by atoms with Gasteiger partial charge in [-0.3, -0.25) is 0 Å². The van der Waals surface area contributed by atoms with Crippen molar-refractivity contribution < 1.29 is 13.2 Å². The van der Waals surface area contributed by atoms with Crippen molar-refractivity contribution in [1.29, 1.82) is 0 Å². The first-order valence-corrected chi connectivity index (χ1v) is 14.7. The van der Waals surface area contributed by atoms with Crippen LogP contribution in [-0.2, 0) is 10.0 Å². The summed E-state index contributed by atoms with van der Waals surface area (Å²) in [5, 5.41) is 15.7. The zero-order valence-electron chi connectivity index (χ0n) is 20.6. The van der Waals surface area contributed by atoms with Crippen LogP contribution in [0, 0.1) is 0 Å². The quantitative estimate of drug-likeness (QED) is 0.233. The zero-order chi connectivity index (χ0) is 27.0. The third-order valence-electron chi connectivity index (χ3n) is 6.51. The van der Waals surface area contributed by atoms with E-state index in [0.717, 1.165) is 27.5 Å². The van der Waals surface area contributed by atoms with Gasteiger partial charge in [-0.1, -0.05) is 71.9 Å². The second-order valence-electron chi connectivity index (χ2n) is 8.83. The number of ether oxygens (including phenoxy) is 1. The molecule has 0 saturated carbocycles. The average molecular weight is 576 g/mol. The van der Waals surface area contributed by atoms with E-state index in [0.29, 0.717) is 15.9 Å². The molecule has 0 bridgehead atoms. The molecule has 8 nitrogen and oxygen atoms in total. The largest absolute Gasteiger partial charge is 0.496 e. The molecule has 0 amide bonds. The summed E-state index contributed by atoms with van der Waals surface area (Å²) in [7, 11) is -2.25. The van der Waals surface area contributed by atoms with Gasteiger partial charge in [0.25, 0.3) is 0 Å². The summed E-state index contributed by atoms with van der Waals surface area (Å²) in [6, 6.07) is 25.1. The number of para-hydroxylation sites is 1. The lowest BCUT2D eigenvalue weighted by molar-refractivity contribution is 0.414. The van der Waals surface area contributed by atoms with E-state index in [-0.39, 0.29) is 10.1 Å². The number of nitrogens with one attached hydrogen (secondary N) is 1. The molecule has 1 heterocycles. The van der Waals surface area contributed by atoms with E-state index in [1.54, 1.807) is 30.1 Å². The maximum Gasteiger partial charge on any atom is 0.241 e. The number of halogens is 1. The summed E-state index contributed by atoms with van der Waals surface area (Å²) in [6.07, 6.45) is 3.20. The molecule has 0 radical (unpaired) electrons. The smallest absolute Gasteiger partial charge is 0.241 e. The Morgan fingerprint density at radius 3 is 2.51 bits per heavy atom. The third kappa shape index (κ3) is 4.92. The Kier molecular flexibility index (Phi) is 6.86. The lowest BCUT2D eigenvalue weighted by atomic mass is 10.1. The number of aromatic nitrogens is 3. The van der Waals surface area contributed by atoms with E-state index in [2.05, 4.69) is 20.0 Å². The van der Waals surface area contributed by atoms with Gasteiger partial charge in [-0.2, -0.15) is 9.78 Å². The highest BCUT2D eigenvalue weighted by molar-refractivity contribution is 7.99. The molecule has 1 N–H and O–H groups in total. The number of thioether (sulfide) groups is 1. The summed E-state index contributed by atoms with van der Waals surface area (Å²) >= 11 is 7.40. The maximum atomic E-state index is 13.5. The second-order valence-corrected chi connectivity index (χ2v) is 12.1. The van der Waals surface area contributed by atoms with Gasteiger partial charge in [-0.25, -0.2) is 13.1 Å². The van der Waals surface area contributed by atoms with Crippen LogP contribution in [0.25, 0.3) is 10.8 Å². The van der Waals surface area contributed by atoms with Gasteiger partial charge in [-0.05, 0) is 58.3 Å². The predicted octanol–water partition coefficient (Wildman–Crippen LogP) is 5.84. The number of nitrogens with zero attached hydrogens (tertiary/aromatic N) is 4. The Morgan fingerprint density at radius 2 is 1.74 bits per heavy atom. The fourth-order valence-corrected chi connectivity index (χ4v) is 7.37. The summed E-state index contributed by atoms with van der Waals surface area (Å²) in [6.45, 7) is 0. The highest BCUT2D eigenvalue weighted by atomic mass is 35.5. The minimum atomic E-state index is -3.86. The standard InChI is InChI=1S/C28H22ClN5O3S2/c1-37-24-11-3-2-6-19(24)16-31-34-17-30-32-28(34)38-27-23-10-5-8-18-7-4-9-22(25(18)23)26(27)33-39(35,36)21-14-12-20(29)13-15-21/h2-17,26-27,33H,1H3/b31-16+. The Labute approximate surface area is 234 Å². The summed E-state index contributed by atoms with van der Waals surface area (Å²) < 4.78 is 36.9. The van der Waals surface area contributed by atoms with Crippen molar-refractivity contribution in [3.05, 3.63) is 113 Å². The van der Waals surface area contributed by atoms with Crippen molar-refractivity contribution in [2.45, 2.75) is 21.3 Å². The van der Waals surface area contributed by atoms with E-state index in [9.17, 15) is 8.42 Å². The van der Waals surface area contributed by atoms with Gasteiger partial charge in [-0.15, -0.1) is 10.2 Å². The van der Waals surface area contributed by atoms with Crippen LogP contribution in [0.5, 0.6) is 5.75 Å². The molecular weight excluding hydrogens is 554 g/mol. The van der Waals surface area contributed by atoms with Gasteiger partial charge in [0, 0.05) is 10.6 Å². The van der Waals surface area contributed by atoms with E-state index in [1.807, 2.05) is 60.7 Å². The molecular formula is C28H22ClN5O3S2. The van der Waals surface area contributed by atoms with Crippen LogP contribution >= 0.6 is 23.4 Å². The van der Waals surface area contributed by atoms with Crippen molar-refractivity contribution in [3.8, 4) is 5.75 Å². The van der Waals surface area contributed by atoms with Crippen molar-refractivity contribution >= 4 is 50.4 Å². The number of methoxy groups -OCH3 is 1. The monoisotopic (exact) mass is 575 g/mol. The van der Waals surface area contributed by atoms with Crippen LogP contribution < -0.4 is 9.46 Å². The fraction of sp³-hybridized carbons (Fsp3) is 0.107. The molecule has 0 aliphatic heterocycles. The minimum absolute atomic E-state index is 0.142. The van der Waals surface area contributed by atoms with E-state index in [4.69, 9.17) is 16.3 Å². The molecule has 0 spiro atoms. The first kappa shape index (κ1) is 25.6. The van der Waals surface area contributed by atoms with Crippen molar-refractivity contribution in [2.24, 2.45) is 5.10 Å². The van der Waals surface area contributed by atoms with Crippen LogP contribution in [0.2, 0.25) is 5.02 Å². The summed E-state index contributed by atoms with van der Waals surface area (Å²) in [5.74, 6) is 0.693. The van der Waals surface area contributed by atoms with Gasteiger partial charge < -0.3 is 4.74 Å². The Morgan fingerprint density at radius 1 is 1.00 bits per heavy atom. The molecule has 1 aromatic heterocycles. The summed E-state index contributed by atoms with van der Waals surface area (Å²) in [4.78, 5) is 0.142. The Balaban J connectivity index is 1.37. The van der Waals surface area contributed by atoms with Crippen LogP contribution in [0.15, 0.2) is 106 Å². The third-order valence-corrected chi connectivity index (χ3v) is 9.48. The number of hydrogen-bond acceptors (Lipinski definition) is 7. The van der Waals surface area contributed by atoms with E-state index in [1.165, 1.54) is 30.2 Å². The van der Waals surface area contributed by atoms with Gasteiger partial charge >= 0.3 is 0 Å². The van der Waals surface area contributed by atoms with E-state index < -0.39 is 16.1 Å². The van der Waals surface area contributed by atoms with E-state index >= 15 is 0 Å². The van der Waals surface area contributed by atoms with Crippen LogP contribution in [0.4, 0.5) is 0 Å². The number of rotatable bonds is 8. The fourth-order valence-electron chi connectivity index (χ4n) is 4.73. The highest BCUT2D eigenvalue weighted by Gasteiger charge is 2.38. The Bertz CT molecular complexity index is 1800. The normalized spacial score (nSPS) is 16.8. The lowest BCUT2D eigenvalue weighted by Crippen LogP contribution is -2.30. The number of sulfonamides is 1. The predicted molar refractivity (Wildman–Crippen MR) is 153 cm³/mol. The molecule has 5 aromatic rings. The zero-order valence-corrected chi connectivity index (χ0v) is 23.0. The highest BCUT2D eigenvalue weighted by Crippen LogP contribution is 2.53. The molecule has 39 heavy (non-hydrogen) atoms. The molecule has 0 fully saturated rings. The van der Waals surface area contributed by atoms with Crippen LogP contribution in [0.1, 0.15) is 28.0 Å². The van der Waals surface area contributed by atoms with Gasteiger partial charge in [0.2, 0.25) is 15.2 Å². The van der Waals surface area contributed by atoms with Gasteiger partial charge in [0.1, 0.15) is 12.1 Å². The van der Waals surface area contributed by atoms with Gasteiger partial charge in [0.15, 0.2) is 0 Å². The molecule has 0 saturated heterocycles. The molecule has 6 rings (SSSR count). The van der Waals surface area contributed by atoms with Gasteiger partial charge in [0.05, 0.1) is 29.5 Å². The second kappa shape index (κ2) is 10.5. The number of benzene rings is 4. The molecule has 4 aromatic carbocycles. The van der Waals surface area contributed by atoms with Crippen molar-refractivity contribution in [3.63, 3.8) is 0 Å². The minimum Gasteiger partial charge on any atom is -0.496 e. The lowest BCUT2D eigenvalue weighted by Gasteiger charge is -2.22. The Hall–Kier alpha value is -3.70.